The molecule has 1 N–H and O–H groups in total. The van der Waals surface area contributed by atoms with Crippen LogP contribution >= 0.6 is 11.3 Å². The Kier molecular flexibility index (Phi) is 4.74. The summed E-state index contributed by atoms with van der Waals surface area (Å²) in [7, 11) is 1.97. The normalized spacial score (nSPS) is 11.0. The zero-order chi connectivity index (χ0) is 15.6. The van der Waals surface area contributed by atoms with Crippen molar-refractivity contribution in [3.05, 3.63) is 66.2 Å². The van der Waals surface area contributed by atoms with Gasteiger partial charge in [-0.25, -0.2) is 4.57 Å². The van der Waals surface area contributed by atoms with Crippen molar-refractivity contribution in [1.29, 1.82) is 0 Å². The van der Waals surface area contributed by atoms with E-state index in [-0.39, 0.29) is 12.4 Å². The molecule has 0 radical (unpaired) electrons. The van der Waals surface area contributed by atoms with E-state index in [1.807, 2.05) is 53.5 Å². The molecule has 24 heavy (non-hydrogen) atoms. The standard InChI is InChI=1S/C18H14N4S.ClH/c1-22-11-12-23-18(22)21-20-17-14-9-5-6-10-15(14)19-16(17)13-7-3-2-4-8-13;/h2-12H,1H3;1H. The summed E-state index contributed by atoms with van der Waals surface area (Å²) in [5.41, 5.74) is 4.04. The Bertz CT molecular complexity index is 989. The zero-order valence-electron chi connectivity index (χ0n) is 13.0. The number of nitrogens with zero attached hydrogens (tertiary/aromatic N) is 3. The largest absolute Gasteiger partial charge is 1.00 e. The minimum atomic E-state index is 0. The van der Waals surface area contributed by atoms with Gasteiger partial charge >= 0.3 is 5.13 Å². The Morgan fingerprint density at radius 3 is 2.46 bits per heavy atom. The number of nitrogens with one attached hydrogen (secondary N) is 1. The van der Waals surface area contributed by atoms with Crippen molar-refractivity contribution in [2.45, 2.75) is 0 Å². The molecule has 0 fully saturated rings. The van der Waals surface area contributed by atoms with Gasteiger partial charge in [-0.15, -0.1) is 0 Å². The molecule has 4 aromatic rings. The van der Waals surface area contributed by atoms with Gasteiger partial charge in [-0.2, -0.15) is 0 Å². The van der Waals surface area contributed by atoms with Crippen LogP contribution in [0.25, 0.3) is 22.2 Å². The molecule has 120 valence electrons. The molecule has 0 saturated carbocycles. The first-order valence-electron chi connectivity index (χ1n) is 7.34. The number of benzene rings is 2. The monoisotopic (exact) mass is 354 g/mol. The number of para-hydroxylation sites is 1. The van der Waals surface area contributed by atoms with Crippen molar-refractivity contribution in [2.24, 2.45) is 17.3 Å². The van der Waals surface area contributed by atoms with Crippen LogP contribution in [0.3, 0.4) is 0 Å². The van der Waals surface area contributed by atoms with Gasteiger partial charge in [0.15, 0.2) is 0 Å². The highest BCUT2D eigenvalue weighted by molar-refractivity contribution is 7.12. The molecule has 2 heterocycles. The Hall–Kier alpha value is -2.50. The van der Waals surface area contributed by atoms with Crippen molar-refractivity contribution in [3.8, 4) is 11.3 Å². The average Bonchev–Trinajstić information content (AvgIpc) is 3.17. The third kappa shape index (κ3) is 2.96. The van der Waals surface area contributed by atoms with E-state index in [2.05, 4.69) is 39.5 Å². The third-order valence-corrected chi connectivity index (χ3v) is 4.57. The van der Waals surface area contributed by atoms with Gasteiger partial charge in [-0.3, -0.25) is 0 Å². The summed E-state index contributed by atoms with van der Waals surface area (Å²) in [5.74, 6) is 0. The molecule has 2 aromatic heterocycles. The molecule has 0 bridgehead atoms. The van der Waals surface area contributed by atoms with Crippen LogP contribution < -0.4 is 17.0 Å². The lowest BCUT2D eigenvalue weighted by Crippen LogP contribution is -3.00. The highest BCUT2D eigenvalue weighted by Crippen LogP contribution is 2.37. The quantitative estimate of drug-likeness (QED) is 0.433. The molecule has 0 aliphatic carbocycles. The molecular formula is C18H15ClN4S. The smallest absolute Gasteiger partial charge is 0.408 e. The van der Waals surface area contributed by atoms with Gasteiger partial charge in [-0.1, -0.05) is 48.5 Å². The van der Waals surface area contributed by atoms with Gasteiger partial charge < -0.3 is 17.4 Å². The Morgan fingerprint density at radius 2 is 1.71 bits per heavy atom. The van der Waals surface area contributed by atoms with E-state index >= 15 is 0 Å². The van der Waals surface area contributed by atoms with Gasteiger partial charge in [0, 0.05) is 21.8 Å². The number of rotatable bonds is 3. The molecule has 4 rings (SSSR count). The van der Waals surface area contributed by atoms with Crippen molar-refractivity contribution in [1.82, 2.24) is 4.98 Å². The van der Waals surface area contributed by atoms with Gasteiger partial charge in [0.05, 0.1) is 17.9 Å². The fraction of sp³-hybridized carbons (Fsp3) is 0.0556. The van der Waals surface area contributed by atoms with Crippen LogP contribution in [0.1, 0.15) is 0 Å². The maximum absolute atomic E-state index is 4.56. The summed E-state index contributed by atoms with van der Waals surface area (Å²) in [6.45, 7) is 0. The van der Waals surface area contributed by atoms with Crippen molar-refractivity contribution in [3.63, 3.8) is 0 Å². The Morgan fingerprint density at radius 1 is 0.958 bits per heavy atom. The predicted molar refractivity (Wildman–Crippen MR) is 93.4 cm³/mol. The lowest BCUT2D eigenvalue weighted by molar-refractivity contribution is -0.654. The van der Waals surface area contributed by atoms with Crippen LogP contribution in [0, 0.1) is 0 Å². The van der Waals surface area contributed by atoms with Crippen molar-refractivity contribution >= 4 is 33.1 Å². The number of fused-ring (bicyclic) bond motifs is 1. The first kappa shape index (κ1) is 16.4. The highest BCUT2D eigenvalue weighted by atomic mass is 35.5. The molecule has 0 atom stereocenters. The van der Waals surface area contributed by atoms with E-state index < -0.39 is 0 Å². The van der Waals surface area contributed by atoms with Gasteiger partial charge in [0.2, 0.25) is 0 Å². The molecule has 2 aromatic carbocycles. The molecule has 0 spiro atoms. The molecular weight excluding hydrogens is 340 g/mol. The van der Waals surface area contributed by atoms with Gasteiger partial charge in [0.1, 0.15) is 11.9 Å². The predicted octanol–water partition coefficient (Wildman–Crippen LogP) is 2.14. The van der Waals surface area contributed by atoms with Crippen LogP contribution in [-0.4, -0.2) is 4.98 Å². The lowest BCUT2D eigenvalue weighted by Gasteiger charge is -1.97. The number of hydrogen-bond donors (Lipinski definition) is 1. The Labute approximate surface area is 149 Å². The van der Waals surface area contributed by atoms with Crippen LogP contribution in [0.2, 0.25) is 0 Å². The fourth-order valence-corrected chi connectivity index (χ4v) is 3.24. The third-order valence-electron chi connectivity index (χ3n) is 3.74. The maximum Gasteiger partial charge on any atom is 0.408 e. The second-order valence-electron chi connectivity index (χ2n) is 5.26. The number of hydrogen-bond acceptors (Lipinski definition) is 3. The molecule has 0 aliphatic heterocycles. The second kappa shape index (κ2) is 6.95. The number of azo groups is 1. The first-order chi connectivity index (χ1) is 11.3. The number of aryl methyl sites for hydroxylation is 1. The van der Waals surface area contributed by atoms with Crippen molar-refractivity contribution in [2.75, 3.05) is 0 Å². The summed E-state index contributed by atoms with van der Waals surface area (Å²) >= 11 is 1.57. The molecule has 4 nitrogen and oxygen atoms in total. The topological polar surface area (TPSA) is 44.4 Å². The van der Waals surface area contributed by atoms with Crippen molar-refractivity contribution < 1.29 is 17.0 Å². The highest BCUT2D eigenvalue weighted by Gasteiger charge is 2.15. The summed E-state index contributed by atoms with van der Waals surface area (Å²) in [5, 5.41) is 12.9. The van der Waals surface area contributed by atoms with E-state index in [4.69, 9.17) is 0 Å². The van der Waals surface area contributed by atoms with E-state index in [9.17, 15) is 0 Å². The van der Waals surface area contributed by atoms with Gasteiger partial charge in [-0.05, 0) is 22.5 Å². The van der Waals surface area contributed by atoms with E-state index in [1.54, 1.807) is 11.3 Å². The number of H-pyrrole nitrogens is 1. The average molecular weight is 355 g/mol. The number of halogens is 1. The number of thiazole rings is 1. The minimum absolute atomic E-state index is 0. The first-order valence-corrected chi connectivity index (χ1v) is 8.22. The second-order valence-corrected chi connectivity index (χ2v) is 6.13. The summed E-state index contributed by atoms with van der Waals surface area (Å²) in [6.07, 6.45) is 1.98. The fourth-order valence-electron chi connectivity index (χ4n) is 2.56. The van der Waals surface area contributed by atoms with Crippen LogP contribution in [0.4, 0.5) is 10.8 Å². The summed E-state index contributed by atoms with van der Waals surface area (Å²) in [4.78, 5) is 3.47. The van der Waals surface area contributed by atoms with E-state index in [1.165, 1.54) is 0 Å². The van der Waals surface area contributed by atoms with Crippen LogP contribution in [-0.2, 0) is 7.05 Å². The zero-order valence-corrected chi connectivity index (χ0v) is 14.6. The summed E-state index contributed by atoms with van der Waals surface area (Å²) < 4.78 is 1.96. The molecule has 0 unspecified atom stereocenters. The number of aromatic nitrogens is 2. The lowest BCUT2D eigenvalue weighted by atomic mass is 10.1. The minimum Gasteiger partial charge on any atom is -1.00 e. The van der Waals surface area contributed by atoms with E-state index in [0.29, 0.717) is 0 Å². The maximum atomic E-state index is 4.56. The number of aromatic amines is 1. The van der Waals surface area contributed by atoms with Crippen LogP contribution in [0.15, 0.2) is 76.4 Å². The molecule has 0 amide bonds. The molecule has 0 aliphatic rings. The molecule has 0 saturated heterocycles. The Balaban J connectivity index is 0.00000169. The van der Waals surface area contributed by atoms with E-state index in [0.717, 1.165) is 33.0 Å². The van der Waals surface area contributed by atoms with Gasteiger partial charge in [0.25, 0.3) is 0 Å². The SMILES string of the molecule is C[n+]1ccsc1N=Nc1c(-c2ccccc2)[nH]c2ccccc12.[Cl-]. The van der Waals surface area contributed by atoms with Crippen LogP contribution in [0.5, 0.6) is 0 Å². The molecule has 6 heteroatoms. The summed E-state index contributed by atoms with van der Waals surface area (Å²) in [6, 6.07) is 18.4.